The lowest BCUT2D eigenvalue weighted by Gasteiger charge is -2.28. The second-order valence-corrected chi connectivity index (χ2v) is 5.82. The first kappa shape index (κ1) is 14.8. The Balaban J connectivity index is 1.93. The molecule has 0 saturated carbocycles. The highest BCUT2D eigenvalue weighted by molar-refractivity contribution is 5.92. The van der Waals surface area contributed by atoms with Crippen LogP contribution in [-0.4, -0.2) is 27.3 Å². The number of carbonyl (C=O) groups is 1. The summed E-state index contributed by atoms with van der Waals surface area (Å²) in [5, 5.41) is 0. The van der Waals surface area contributed by atoms with Crippen molar-refractivity contribution < 1.29 is 9.21 Å². The molecule has 1 unspecified atom stereocenters. The molecule has 1 amide bonds. The maximum Gasteiger partial charge on any atom is 0.273 e. The molecular weight excluding hydrogens is 278 g/mol. The average molecular weight is 299 g/mol. The molecule has 2 aromatic heterocycles. The first-order valence-corrected chi connectivity index (χ1v) is 7.82. The minimum absolute atomic E-state index is 0.000535. The van der Waals surface area contributed by atoms with E-state index < -0.39 is 0 Å². The Morgan fingerprint density at radius 2 is 2.14 bits per heavy atom. The summed E-state index contributed by atoms with van der Waals surface area (Å²) in [5.74, 6) is 1.46. The minimum Gasteiger partial charge on any atom is -0.467 e. The van der Waals surface area contributed by atoms with Gasteiger partial charge in [-0.2, -0.15) is 0 Å². The standard InChI is InChI=1S/C17H21N3O2/c1-12-11-14(19-13(2)18-12)17(21)20-9-5-3-4-7-15(20)16-8-6-10-22-16/h6,8,10-11,15H,3-5,7,9H2,1-2H3. The van der Waals surface area contributed by atoms with E-state index in [1.807, 2.05) is 30.9 Å². The van der Waals surface area contributed by atoms with Gasteiger partial charge in [0, 0.05) is 12.2 Å². The van der Waals surface area contributed by atoms with Crippen molar-refractivity contribution >= 4 is 5.91 Å². The molecule has 116 valence electrons. The zero-order chi connectivity index (χ0) is 15.5. The molecule has 0 aromatic carbocycles. The highest BCUT2D eigenvalue weighted by atomic mass is 16.3. The van der Waals surface area contributed by atoms with Gasteiger partial charge < -0.3 is 9.32 Å². The van der Waals surface area contributed by atoms with Crippen LogP contribution >= 0.6 is 0 Å². The molecular formula is C17H21N3O2. The summed E-state index contributed by atoms with van der Waals surface area (Å²) in [4.78, 5) is 23.4. The molecule has 0 aliphatic carbocycles. The maximum atomic E-state index is 13.0. The second-order valence-electron chi connectivity index (χ2n) is 5.82. The maximum absolute atomic E-state index is 13.0. The van der Waals surface area contributed by atoms with E-state index in [-0.39, 0.29) is 11.9 Å². The molecule has 22 heavy (non-hydrogen) atoms. The van der Waals surface area contributed by atoms with Gasteiger partial charge >= 0.3 is 0 Å². The van der Waals surface area contributed by atoms with Crippen LogP contribution in [0.15, 0.2) is 28.9 Å². The van der Waals surface area contributed by atoms with Crippen LogP contribution in [-0.2, 0) is 0 Å². The summed E-state index contributed by atoms with van der Waals surface area (Å²) in [5.41, 5.74) is 1.30. The molecule has 0 radical (unpaired) electrons. The molecule has 3 rings (SSSR count). The fourth-order valence-corrected chi connectivity index (χ4v) is 3.10. The number of furan rings is 1. The molecule has 1 aliphatic heterocycles. The molecule has 0 N–H and O–H groups in total. The van der Waals surface area contributed by atoms with E-state index in [9.17, 15) is 4.79 Å². The normalized spacial score (nSPS) is 19.0. The van der Waals surface area contributed by atoms with Crippen molar-refractivity contribution in [2.45, 2.75) is 45.6 Å². The molecule has 1 aliphatic rings. The van der Waals surface area contributed by atoms with Crippen molar-refractivity contribution in [2.75, 3.05) is 6.54 Å². The van der Waals surface area contributed by atoms with E-state index in [0.29, 0.717) is 11.5 Å². The topological polar surface area (TPSA) is 59.2 Å². The number of aromatic nitrogens is 2. The first-order chi connectivity index (χ1) is 10.6. The van der Waals surface area contributed by atoms with Crippen LogP contribution in [0.1, 0.15) is 59.5 Å². The van der Waals surface area contributed by atoms with Gasteiger partial charge in [-0.05, 0) is 44.9 Å². The third-order valence-corrected chi connectivity index (χ3v) is 4.07. The van der Waals surface area contributed by atoms with E-state index in [4.69, 9.17) is 4.42 Å². The Bertz CT molecular complexity index is 632. The minimum atomic E-state index is -0.0306. The van der Waals surface area contributed by atoms with Crippen LogP contribution in [0.2, 0.25) is 0 Å². The van der Waals surface area contributed by atoms with Crippen molar-refractivity contribution in [3.8, 4) is 0 Å². The summed E-state index contributed by atoms with van der Waals surface area (Å²) < 4.78 is 5.57. The number of amides is 1. The van der Waals surface area contributed by atoms with Crippen LogP contribution in [0.25, 0.3) is 0 Å². The van der Waals surface area contributed by atoms with Crippen LogP contribution in [0.5, 0.6) is 0 Å². The van der Waals surface area contributed by atoms with E-state index >= 15 is 0 Å². The molecule has 3 heterocycles. The van der Waals surface area contributed by atoms with E-state index in [1.54, 1.807) is 12.3 Å². The van der Waals surface area contributed by atoms with Gasteiger partial charge in [-0.25, -0.2) is 9.97 Å². The molecule has 1 saturated heterocycles. The average Bonchev–Trinajstić information content (AvgIpc) is 2.90. The number of aryl methyl sites for hydroxylation is 2. The van der Waals surface area contributed by atoms with E-state index in [1.165, 1.54) is 0 Å². The lowest BCUT2D eigenvalue weighted by Crippen LogP contribution is -2.35. The summed E-state index contributed by atoms with van der Waals surface area (Å²) in [6, 6.07) is 5.59. The summed E-state index contributed by atoms with van der Waals surface area (Å²) >= 11 is 0. The molecule has 0 bridgehead atoms. The van der Waals surface area contributed by atoms with Crippen LogP contribution in [0, 0.1) is 13.8 Å². The van der Waals surface area contributed by atoms with Crippen molar-refractivity contribution in [3.05, 3.63) is 47.4 Å². The zero-order valence-electron chi connectivity index (χ0n) is 13.1. The molecule has 2 aromatic rings. The molecule has 5 heteroatoms. The van der Waals surface area contributed by atoms with Gasteiger partial charge in [0.15, 0.2) is 0 Å². The smallest absolute Gasteiger partial charge is 0.273 e. The van der Waals surface area contributed by atoms with E-state index in [0.717, 1.165) is 43.7 Å². The predicted octanol–water partition coefficient (Wildman–Crippen LogP) is 3.44. The van der Waals surface area contributed by atoms with Gasteiger partial charge in [-0.3, -0.25) is 4.79 Å². The van der Waals surface area contributed by atoms with Crippen molar-refractivity contribution in [2.24, 2.45) is 0 Å². The molecule has 0 spiro atoms. The SMILES string of the molecule is Cc1cc(C(=O)N2CCCCCC2c2ccco2)nc(C)n1. The number of likely N-dealkylation sites (tertiary alicyclic amines) is 1. The van der Waals surface area contributed by atoms with Crippen molar-refractivity contribution in [1.29, 1.82) is 0 Å². The van der Waals surface area contributed by atoms with Gasteiger partial charge in [0.25, 0.3) is 5.91 Å². The van der Waals surface area contributed by atoms with Crippen LogP contribution in [0.4, 0.5) is 0 Å². The number of rotatable bonds is 2. The fourth-order valence-electron chi connectivity index (χ4n) is 3.10. The number of hydrogen-bond donors (Lipinski definition) is 0. The van der Waals surface area contributed by atoms with Crippen LogP contribution < -0.4 is 0 Å². The third-order valence-electron chi connectivity index (χ3n) is 4.07. The van der Waals surface area contributed by atoms with Gasteiger partial charge in [0.2, 0.25) is 0 Å². The van der Waals surface area contributed by atoms with Gasteiger partial charge in [-0.1, -0.05) is 12.8 Å². The Kier molecular flexibility index (Phi) is 4.22. The highest BCUT2D eigenvalue weighted by Crippen LogP contribution is 2.31. The Morgan fingerprint density at radius 3 is 2.86 bits per heavy atom. The predicted molar refractivity (Wildman–Crippen MR) is 82.5 cm³/mol. The fraction of sp³-hybridized carbons (Fsp3) is 0.471. The summed E-state index contributed by atoms with van der Waals surface area (Å²) in [7, 11) is 0. The quantitative estimate of drug-likeness (QED) is 0.852. The molecule has 5 nitrogen and oxygen atoms in total. The van der Waals surface area contributed by atoms with E-state index in [2.05, 4.69) is 9.97 Å². The lowest BCUT2D eigenvalue weighted by atomic mass is 10.1. The highest BCUT2D eigenvalue weighted by Gasteiger charge is 2.30. The molecule has 1 fully saturated rings. The lowest BCUT2D eigenvalue weighted by molar-refractivity contribution is 0.0651. The number of carbonyl (C=O) groups excluding carboxylic acids is 1. The van der Waals surface area contributed by atoms with Gasteiger partial charge in [0.1, 0.15) is 17.3 Å². The summed E-state index contributed by atoms with van der Waals surface area (Å²) in [6.07, 6.45) is 5.87. The summed E-state index contributed by atoms with van der Waals surface area (Å²) in [6.45, 7) is 4.44. The van der Waals surface area contributed by atoms with Gasteiger partial charge in [-0.15, -0.1) is 0 Å². The Morgan fingerprint density at radius 1 is 1.27 bits per heavy atom. The van der Waals surface area contributed by atoms with Gasteiger partial charge in [0.05, 0.1) is 12.3 Å². The second kappa shape index (κ2) is 6.30. The Hall–Kier alpha value is -2.17. The Labute approximate surface area is 130 Å². The molecule has 1 atom stereocenters. The number of nitrogens with zero attached hydrogens (tertiary/aromatic N) is 3. The first-order valence-electron chi connectivity index (χ1n) is 7.82. The van der Waals surface area contributed by atoms with Crippen LogP contribution in [0.3, 0.4) is 0 Å². The monoisotopic (exact) mass is 299 g/mol. The van der Waals surface area contributed by atoms with Crippen molar-refractivity contribution in [1.82, 2.24) is 14.9 Å². The number of hydrogen-bond acceptors (Lipinski definition) is 4. The zero-order valence-corrected chi connectivity index (χ0v) is 13.1. The third kappa shape index (κ3) is 3.03. The largest absolute Gasteiger partial charge is 0.467 e. The van der Waals surface area contributed by atoms with Crippen molar-refractivity contribution in [3.63, 3.8) is 0 Å².